The summed E-state index contributed by atoms with van der Waals surface area (Å²) in [5.74, 6) is -0.0964. The van der Waals surface area contributed by atoms with E-state index in [9.17, 15) is 9.90 Å². The molecular weight excluding hydrogens is 378 g/mol. The highest BCUT2D eigenvalue weighted by Crippen LogP contribution is 2.38. The summed E-state index contributed by atoms with van der Waals surface area (Å²) in [4.78, 5) is 19.3. The lowest BCUT2D eigenvalue weighted by molar-refractivity contribution is -0.136. The lowest BCUT2D eigenvalue weighted by Gasteiger charge is -2.11. The number of methoxy groups -OCH3 is 1. The number of hydrogen-bond donors (Lipinski definition) is 3. The molecule has 0 aliphatic rings. The average Bonchev–Trinajstić information content (AvgIpc) is 3.10. The van der Waals surface area contributed by atoms with Crippen molar-refractivity contribution in [2.75, 3.05) is 13.7 Å². The molecule has 0 saturated heterocycles. The molecule has 6 nitrogen and oxygen atoms in total. The molecule has 2 aromatic heterocycles. The fraction of sp³-hybridized carbons (Fsp3) is 0.250. The molecule has 0 atom stereocenters. The van der Waals surface area contributed by atoms with E-state index < -0.39 is 5.97 Å². The third kappa shape index (κ3) is 3.74. The lowest BCUT2D eigenvalue weighted by Crippen LogP contribution is -2.00. The number of aliphatic carboxylic acids is 1. The van der Waals surface area contributed by atoms with Gasteiger partial charge in [-0.05, 0) is 67.3 Å². The number of carbonyl (C=O) groups is 1. The van der Waals surface area contributed by atoms with E-state index in [1.807, 2.05) is 36.4 Å². The SMILES string of the molecule is COc1ccc(-c2[nH]c3ccc(CC(=O)O)cc3c2CCCCN)c2cccnc12. The van der Waals surface area contributed by atoms with E-state index >= 15 is 0 Å². The van der Waals surface area contributed by atoms with E-state index in [0.717, 1.165) is 63.6 Å². The first kappa shape index (κ1) is 19.9. The molecule has 2 aromatic carbocycles. The van der Waals surface area contributed by atoms with Crippen molar-refractivity contribution < 1.29 is 14.6 Å². The van der Waals surface area contributed by atoms with Crippen LogP contribution in [0.1, 0.15) is 24.0 Å². The van der Waals surface area contributed by atoms with Gasteiger partial charge in [-0.25, -0.2) is 0 Å². The molecule has 0 aliphatic heterocycles. The van der Waals surface area contributed by atoms with Gasteiger partial charge in [-0.3, -0.25) is 9.78 Å². The number of carboxylic acids is 1. The van der Waals surface area contributed by atoms with Gasteiger partial charge in [-0.2, -0.15) is 0 Å². The molecule has 0 fully saturated rings. The largest absolute Gasteiger partial charge is 0.494 e. The van der Waals surface area contributed by atoms with Crippen molar-refractivity contribution >= 4 is 27.8 Å². The number of unbranched alkanes of at least 4 members (excludes halogenated alkanes) is 1. The summed E-state index contributed by atoms with van der Waals surface area (Å²) >= 11 is 0. The number of pyridine rings is 1. The van der Waals surface area contributed by atoms with Crippen molar-refractivity contribution in [2.45, 2.75) is 25.7 Å². The number of benzene rings is 2. The Kier molecular flexibility index (Phi) is 5.68. The number of aromatic nitrogens is 2. The Hall–Kier alpha value is -3.38. The van der Waals surface area contributed by atoms with Crippen LogP contribution in [0.15, 0.2) is 48.7 Å². The summed E-state index contributed by atoms with van der Waals surface area (Å²) in [5, 5.41) is 11.3. The van der Waals surface area contributed by atoms with Crippen LogP contribution < -0.4 is 10.5 Å². The lowest BCUT2D eigenvalue weighted by atomic mass is 9.96. The first-order valence-electron chi connectivity index (χ1n) is 10.1. The first-order valence-corrected chi connectivity index (χ1v) is 10.1. The monoisotopic (exact) mass is 403 g/mol. The summed E-state index contributed by atoms with van der Waals surface area (Å²) < 4.78 is 5.50. The highest BCUT2D eigenvalue weighted by molar-refractivity contribution is 6.01. The second kappa shape index (κ2) is 8.55. The highest BCUT2D eigenvalue weighted by Gasteiger charge is 2.17. The van der Waals surface area contributed by atoms with Gasteiger partial charge < -0.3 is 20.6 Å². The van der Waals surface area contributed by atoms with Crippen LogP contribution >= 0.6 is 0 Å². The van der Waals surface area contributed by atoms with Crippen LogP contribution in [0.5, 0.6) is 5.75 Å². The predicted molar refractivity (Wildman–Crippen MR) is 119 cm³/mol. The smallest absolute Gasteiger partial charge is 0.307 e. The van der Waals surface area contributed by atoms with Crippen molar-refractivity contribution in [3.63, 3.8) is 0 Å². The fourth-order valence-corrected chi connectivity index (χ4v) is 4.04. The Morgan fingerprint density at radius 3 is 2.80 bits per heavy atom. The Morgan fingerprint density at radius 2 is 2.03 bits per heavy atom. The van der Waals surface area contributed by atoms with Crippen molar-refractivity contribution in [1.82, 2.24) is 9.97 Å². The summed E-state index contributed by atoms with van der Waals surface area (Å²) in [5.41, 5.74) is 11.6. The topological polar surface area (TPSA) is 101 Å². The molecule has 0 unspecified atom stereocenters. The number of hydrogen-bond acceptors (Lipinski definition) is 4. The third-order valence-corrected chi connectivity index (χ3v) is 5.43. The maximum Gasteiger partial charge on any atom is 0.307 e. The quantitative estimate of drug-likeness (QED) is 0.381. The van der Waals surface area contributed by atoms with E-state index in [0.29, 0.717) is 6.54 Å². The van der Waals surface area contributed by atoms with Crippen molar-refractivity contribution in [3.05, 3.63) is 59.8 Å². The zero-order valence-corrected chi connectivity index (χ0v) is 16.9. The van der Waals surface area contributed by atoms with Crippen LogP contribution in [0.25, 0.3) is 33.1 Å². The van der Waals surface area contributed by atoms with Gasteiger partial charge in [-0.1, -0.05) is 12.1 Å². The molecule has 4 N–H and O–H groups in total. The number of aryl methyl sites for hydroxylation is 1. The van der Waals surface area contributed by atoms with Crippen molar-refractivity contribution in [3.8, 4) is 17.0 Å². The molecule has 4 rings (SSSR count). The Bertz CT molecular complexity index is 1210. The van der Waals surface area contributed by atoms with E-state index in [2.05, 4.69) is 16.0 Å². The predicted octanol–water partition coefficient (Wildman–Crippen LogP) is 4.30. The number of fused-ring (bicyclic) bond motifs is 2. The van der Waals surface area contributed by atoms with Gasteiger partial charge in [0, 0.05) is 28.0 Å². The maximum absolute atomic E-state index is 11.2. The Balaban J connectivity index is 1.93. The maximum atomic E-state index is 11.2. The molecule has 0 spiro atoms. The summed E-state index contributed by atoms with van der Waals surface area (Å²) in [6.45, 7) is 0.650. The number of carboxylic acid groups (broad SMARTS) is 1. The molecule has 0 amide bonds. The molecule has 0 saturated carbocycles. The van der Waals surface area contributed by atoms with E-state index in [4.69, 9.17) is 10.5 Å². The van der Waals surface area contributed by atoms with Crippen molar-refractivity contribution in [1.29, 1.82) is 0 Å². The molecule has 154 valence electrons. The van der Waals surface area contributed by atoms with Crippen molar-refractivity contribution in [2.24, 2.45) is 5.73 Å². The van der Waals surface area contributed by atoms with Crippen LogP contribution in [0.3, 0.4) is 0 Å². The molecular formula is C24H25N3O3. The van der Waals surface area contributed by atoms with E-state index in [1.165, 1.54) is 5.56 Å². The number of ether oxygens (including phenoxy) is 1. The number of aromatic amines is 1. The first-order chi connectivity index (χ1) is 14.6. The highest BCUT2D eigenvalue weighted by atomic mass is 16.5. The number of nitrogens with one attached hydrogen (secondary N) is 1. The minimum Gasteiger partial charge on any atom is -0.494 e. The standard InChI is InChI=1S/C24H25N3O3/c1-30-21-10-8-18(16-6-4-12-26-24(16)21)23-17(5-2-3-11-25)19-13-15(14-22(28)29)7-9-20(19)27-23/h4,6-10,12-13,27H,2-3,5,11,14,25H2,1H3,(H,28,29). The summed E-state index contributed by atoms with van der Waals surface area (Å²) in [6.07, 6.45) is 4.53. The summed E-state index contributed by atoms with van der Waals surface area (Å²) in [7, 11) is 1.65. The Labute approximate surface area is 174 Å². The van der Waals surface area contributed by atoms with Crippen LogP contribution in [0.2, 0.25) is 0 Å². The summed E-state index contributed by atoms with van der Waals surface area (Å²) in [6, 6.07) is 13.8. The van der Waals surface area contributed by atoms with Gasteiger partial charge in [0.15, 0.2) is 0 Å². The zero-order valence-electron chi connectivity index (χ0n) is 16.9. The number of rotatable bonds is 8. The van der Waals surface area contributed by atoms with Gasteiger partial charge in [-0.15, -0.1) is 0 Å². The van der Waals surface area contributed by atoms with Crippen LogP contribution in [-0.4, -0.2) is 34.7 Å². The molecule has 0 aliphatic carbocycles. The fourth-order valence-electron chi connectivity index (χ4n) is 4.04. The van der Waals surface area contributed by atoms with Gasteiger partial charge in [0.05, 0.1) is 19.2 Å². The third-order valence-electron chi connectivity index (χ3n) is 5.43. The van der Waals surface area contributed by atoms with Gasteiger partial charge in [0.1, 0.15) is 11.3 Å². The second-order valence-electron chi connectivity index (χ2n) is 7.39. The van der Waals surface area contributed by atoms with Gasteiger partial charge >= 0.3 is 5.97 Å². The number of nitrogens with zero attached hydrogens (tertiary/aromatic N) is 1. The minimum absolute atomic E-state index is 0.00802. The second-order valence-corrected chi connectivity index (χ2v) is 7.39. The van der Waals surface area contributed by atoms with Crippen LogP contribution in [0.4, 0.5) is 0 Å². The minimum atomic E-state index is -0.831. The molecule has 0 bridgehead atoms. The van der Waals surface area contributed by atoms with E-state index in [1.54, 1.807) is 13.3 Å². The molecule has 30 heavy (non-hydrogen) atoms. The molecule has 2 heterocycles. The molecule has 6 heteroatoms. The Morgan fingerprint density at radius 1 is 1.17 bits per heavy atom. The zero-order chi connectivity index (χ0) is 21.1. The van der Waals surface area contributed by atoms with E-state index in [-0.39, 0.29) is 6.42 Å². The van der Waals surface area contributed by atoms with Gasteiger partial charge in [0.25, 0.3) is 0 Å². The van der Waals surface area contributed by atoms with Gasteiger partial charge in [0.2, 0.25) is 0 Å². The molecule has 4 aromatic rings. The molecule has 0 radical (unpaired) electrons. The number of nitrogens with two attached hydrogens (primary N) is 1. The van der Waals surface area contributed by atoms with Crippen LogP contribution in [-0.2, 0) is 17.6 Å². The average molecular weight is 403 g/mol. The van der Waals surface area contributed by atoms with Crippen LogP contribution in [0, 0.1) is 0 Å². The normalized spacial score (nSPS) is 11.3. The number of H-pyrrole nitrogens is 1.